The predicted octanol–water partition coefficient (Wildman–Crippen LogP) is 6.47. The number of hydrogen-bond acceptors (Lipinski definition) is 5. The fourth-order valence-electron chi connectivity index (χ4n) is 5.41. The van der Waals surface area contributed by atoms with Crippen molar-refractivity contribution in [3.63, 3.8) is 0 Å². The third-order valence-electron chi connectivity index (χ3n) is 7.23. The number of anilines is 1. The van der Waals surface area contributed by atoms with Gasteiger partial charge in [0, 0.05) is 17.7 Å². The van der Waals surface area contributed by atoms with Crippen LogP contribution in [0.2, 0.25) is 0 Å². The molecule has 0 spiro atoms. The molecule has 1 heterocycles. The van der Waals surface area contributed by atoms with E-state index in [9.17, 15) is 18.8 Å². The van der Waals surface area contributed by atoms with Crippen LogP contribution in [0.3, 0.4) is 0 Å². The number of ketones is 1. The Morgan fingerprint density at radius 3 is 2.53 bits per heavy atom. The molecule has 38 heavy (non-hydrogen) atoms. The van der Waals surface area contributed by atoms with Gasteiger partial charge in [-0.05, 0) is 79.8 Å². The van der Waals surface area contributed by atoms with Crippen LogP contribution in [-0.4, -0.2) is 5.78 Å². The zero-order valence-corrected chi connectivity index (χ0v) is 21.2. The molecular formula is C31H27F2N3O2. The van der Waals surface area contributed by atoms with Gasteiger partial charge in [-0.2, -0.15) is 5.26 Å². The molecule has 0 bridgehead atoms. The average Bonchev–Trinajstić information content (AvgIpc) is 2.90. The topological polar surface area (TPSA) is 79.3 Å². The number of carbonyl (C=O) groups is 1. The van der Waals surface area contributed by atoms with E-state index in [4.69, 9.17) is 10.5 Å². The van der Waals surface area contributed by atoms with Gasteiger partial charge in [-0.3, -0.25) is 9.69 Å². The molecule has 1 aliphatic heterocycles. The molecule has 7 heteroatoms. The van der Waals surface area contributed by atoms with Gasteiger partial charge in [0.25, 0.3) is 0 Å². The van der Waals surface area contributed by atoms with Crippen molar-refractivity contribution in [2.24, 2.45) is 5.73 Å². The summed E-state index contributed by atoms with van der Waals surface area (Å²) in [4.78, 5) is 15.0. The van der Waals surface area contributed by atoms with Gasteiger partial charge in [-0.15, -0.1) is 0 Å². The van der Waals surface area contributed by atoms with Crippen LogP contribution in [0.1, 0.15) is 47.4 Å². The Morgan fingerprint density at radius 2 is 1.82 bits per heavy atom. The summed E-state index contributed by atoms with van der Waals surface area (Å²) < 4.78 is 34.1. The zero-order chi connectivity index (χ0) is 27.0. The molecule has 0 aromatic heterocycles. The van der Waals surface area contributed by atoms with Crippen LogP contribution < -0.4 is 15.4 Å². The Balaban J connectivity index is 1.64. The van der Waals surface area contributed by atoms with Crippen molar-refractivity contribution in [1.82, 2.24) is 0 Å². The van der Waals surface area contributed by atoms with Crippen molar-refractivity contribution in [1.29, 1.82) is 5.26 Å². The number of benzene rings is 3. The lowest BCUT2D eigenvalue weighted by atomic mass is 9.73. The van der Waals surface area contributed by atoms with Crippen molar-refractivity contribution in [3.05, 3.63) is 117 Å². The molecule has 1 unspecified atom stereocenters. The molecule has 0 saturated heterocycles. The summed E-state index contributed by atoms with van der Waals surface area (Å²) >= 11 is 0. The SMILES string of the molecule is Cc1cc(COc2ccc(F)cc2)c(C)c(C2C(C#N)=C(N)N(c3ccccc3F)C3=C2C(=O)CCC3)c1. The first-order valence-corrected chi connectivity index (χ1v) is 12.5. The summed E-state index contributed by atoms with van der Waals surface area (Å²) in [6.07, 6.45) is 1.51. The number of hydrogen-bond donors (Lipinski definition) is 1. The molecule has 0 amide bonds. The van der Waals surface area contributed by atoms with Crippen LogP contribution in [0.4, 0.5) is 14.5 Å². The third kappa shape index (κ3) is 4.43. The molecule has 0 radical (unpaired) electrons. The van der Waals surface area contributed by atoms with E-state index in [-0.39, 0.29) is 35.3 Å². The molecule has 192 valence electrons. The Kier molecular flexibility index (Phi) is 6.73. The van der Waals surface area contributed by atoms with Crippen LogP contribution in [0.5, 0.6) is 5.75 Å². The standard InChI is InChI=1S/C31H27F2N3O2/c1-18-14-20(17-38-22-12-10-21(32)11-13-22)19(2)23(15-18)29-24(16-34)31(35)36(26-7-4-3-6-25(26)33)27-8-5-9-28(37)30(27)29/h3-4,6-7,10-15,29H,5,8-9,17,35H2,1-2H3. The largest absolute Gasteiger partial charge is 0.489 e. The van der Waals surface area contributed by atoms with Gasteiger partial charge in [-0.1, -0.05) is 29.8 Å². The number of carbonyl (C=O) groups excluding carboxylic acids is 1. The maximum absolute atomic E-state index is 14.9. The fourth-order valence-corrected chi connectivity index (χ4v) is 5.41. The number of halogens is 2. The Bertz CT molecular complexity index is 1530. The summed E-state index contributed by atoms with van der Waals surface area (Å²) in [6.45, 7) is 4.09. The van der Waals surface area contributed by atoms with E-state index >= 15 is 0 Å². The van der Waals surface area contributed by atoms with Gasteiger partial charge in [-0.25, -0.2) is 8.78 Å². The number of nitrogens with zero attached hydrogens (tertiary/aromatic N) is 2. The Labute approximate surface area is 220 Å². The smallest absolute Gasteiger partial charge is 0.161 e. The molecular weight excluding hydrogens is 484 g/mol. The van der Waals surface area contributed by atoms with Crippen LogP contribution in [-0.2, 0) is 11.4 Å². The number of allylic oxidation sites excluding steroid dienone is 3. The van der Waals surface area contributed by atoms with E-state index in [2.05, 4.69) is 6.07 Å². The highest BCUT2D eigenvalue weighted by molar-refractivity contribution is 6.01. The highest BCUT2D eigenvalue weighted by Gasteiger charge is 2.41. The van der Waals surface area contributed by atoms with Crippen LogP contribution in [0.15, 0.2) is 83.3 Å². The highest BCUT2D eigenvalue weighted by atomic mass is 19.1. The minimum Gasteiger partial charge on any atom is -0.489 e. The quantitative estimate of drug-likeness (QED) is 0.425. The van der Waals surface area contributed by atoms with E-state index in [1.807, 2.05) is 26.0 Å². The van der Waals surface area contributed by atoms with Gasteiger partial charge in [0.1, 0.15) is 29.8 Å². The number of rotatable bonds is 5. The molecule has 3 aromatic carbocycles. The first kappa shape index (κ1) is 25.2. The normalized spacial score (nSPS) is 17.4. The first-order chi connectivity index (χ1) is 18.3. The summed E-state index contributed by atoms with van der Waals surface area (Å²) in [7, 11) is 0. The maximum Gasteiger partial charge on any atom is 0.161 e. The number of nitriles is 1. The Morgan fingerprint density at radius 1 is 1.08 bits per heavy atom. The number of Topliss-reactive ketones (excluding diaryl/α,β-unsaturated/α-hetero) is 1. The maximum atomic E-state index is 14.9. The monoisotopic (exact) mass is 511 g/mol. The molecule has 5 nitrogen and oxygen atoms in total. The second-order valence-electron chi connectivity index (χ2n) is 9.65. The summed E-state index contributed by atoms with van der Waals surface area (Å²) in [6, 6.07) is 18.2. The summed E-state index contributed by atoms with van der Waals surface area (Å²) in [5, 5.41) is 10.3. The molecule has 0 saturated carbocycles. The number of para-hydroxylation sites is 1. The molecule has 0 fully saturated rings. The molecule has 2 aliphatic rings. The zero-order valence-electron chi connectivity index (χ0n) is 21.2. The number of aryl methyl sites for hydroxylation is 1. The molecule has 1 atom stereocenters. The number of ether oxygens (including phenoxy) is 1. The predicted molar refractivity (Wildman–Crippen MR) is 141 cm³/mol. The second kappa shape index (κ2) is 10.1. The van der Waals surface area contributed by atoms with E-state index in [0.29, 0.717) is 36.3 Å². The van der Waals surface area contributed by atoms with Crippen molar-refractivity contribution < 1.29 is 18.3 Å². The lowest BCUT2D eigenvalue weighted by Crippen LogP contribution is -2.39. The van der Waals surface area contributed by atoms with Crippen molar-refractivity contribution in [3.8, 4) is 11.8 Å². The molecule has 2 N–H and O–H groups in total. The van der Waals surface area contributed by atoms with E-state index in [1.165, 1.54) is 18.2 Å². The lowest BCUT2D eigenvalue weighted by Gasteiger charge is -2.40. The van der Waals surface area contributed by atoms with Gasteiger partial charge in [0.15, 0.2) is 5.78 Å². The van der Waals surface area contributed by atoms with Crippen molar-refractivity contribution in [2.75, 3.05) is 4.90 Å². The van der Waals surface area contributed by atoms with Crippen LogP contribution in [0.25, 0.3) is 0 Å². The van der Waals surface area contributed by atoms with Gasteiger partial charge in [0.05, 0.1) is 23.2 Å². The fraction of sp³-hybridized carbons (Fsp3) is 0.226. The minimum absolute atomic E-state index is 0.0668. The molecule has 3 aromatic rings. The minimum atomic E-state index is -0.671. The van der Waals surface area contributed by atoms with E-state index < -0.39 is 11.7 Å². The summed E-state index contributed by atoms with van der Waals surface area (Å²) in [5.74, 6) is -0.911. The first-order valence-electron chi connectivity index (χ1n) is 12.5. The molecule has 1 aliphatic carbocycles. The second-order valence-corrected chi connectivity index (χ2v) is 9.65. The Hall–Kier alpha value is -4.44. The molecule has 5 rings (SSSR count). The van der Waals surface area contributed by atoms with Crippen LogP contribution >= 0.6 is 0 Å². The van der Waals surface area contributed by atoms with Gasteiger partial charge < -0.3 is 10.5 Å². The number of nitrogens with two attached hydrogens (primary N) is 1. The van der Waals surface area contributed by atoms with Crippen molar-refractivity contribution >= 4 is 11.5 Å². The average molecular weight is 512 g/mol. The van der Waals surface area contributed by atoms with Crippen LogP contribution in [0, 0.1) is 36.8 Å². The summed E-state index contributed by atoms with van der Waals surface area (Å²) in [5.41, 5.74) is 11.6. The van der Waals surface area contributed by atoms with Gasteiger partial charge in [0.2, 0.25) is 0 Å². The lowest BCUT2D eigenvalue weighted by molar-refractivity contribution is -0.116. The highest BCUT2D eigenvalue weighted by Crippen LogP contribution is 2.47. The van der Waals surface area contributed by atoms with E-state index in [0.717, 1.165) is 22.3 Å². The van der Waals surface area contributed by atoms with E-state index in [1.54, 1.807) is 35.2 Å². The van der Waals surface area contributed by atoms with Gasteiger partial charge >= 0.3 is 0 Å². The van der Waals surface area contributed by atoms with Crippen molar-refractivity contribution in [2.45, 2.75) is 45.6 Å². The third-order valence-corrected chi connectivity index (χ3v) is 7.23.